The summed E-state index contributed by atoms with van der Waals surface area (Å²) in [6.45, 7) is 8.83. The van der Waals surface area contributed by atoms with Gasteiger partial charge in [-0.3, -0.25) is 14.5 Å². The second kappa shape index (κ2) is 9.37. The molecule has 1 aromatic rings. The molecule has 2 aliphatic rings. The van der Waals surface area contributed by atoms with Crippen molar-refractivity contribution in [3.05, 3.63) is 60.7 Å². The average molecular weight is 399 g/mol. The Hall–Kier alpha value is -2.44. The molecule has 0 aliphatic carbocycles. The number of benzene rings is 1. The zero-order chi connectivity index (χ0) is 21.0. The number of amides is 1. The molecule has 1 amide bonds. The second-order valence-electron chi connectivity index (χ2n) is 7.87. The van der Waals surface area contributed by atoms with Crippen molar-refractivity contribution in [3.63, 3.8) is 0 Å². The number of hydrogen-bond donors (Lipinski definition) is 1. The molecule has 1 fully saturated rings. The molecule has 2 heterocycles. The van der Waals surface area contributed by atoms with Gasteiger partial charge < -0.3 is 14.8 Å². The van der Waals surface area contributed by atoms with Crippen LogP contribution in [0.25, 0.3) is 0 Å². The third-order valence-electron chi connectivity index (χ3n) is 5.63. The van der Waals surface area contributed by atoms with Gasteiger partial charge in [-0.2, -0.15) is 0 Å². The molecule has 2 bridgehead atoms. The van der Waals surface area contributed by atoms with E-state index in [0.717, 1.165) is 5.56 Å². The lowest BCUT2D eigenvalue weighted by Crippen LogP contribution is -2.58. The average Bonchev–Trinajstić information content (AvgIpc) is 3.33. The molecular formula is C23H30N2O4. The van der Waals surface area contributed by atoms with E-state index >= 15 is 0 Å². The number of nitrogens with one attached hydrogen (secondary N) is 1. The molecule has 156 valence electrons. The van der Waals surface area contributed by atoms with Crippen LogP contribution >= 0.6 is 0 Å². The van der Waals surface area contributed by atoms with Gasteiger partial charge >= 0.3 is 5.97 Å². The van der Waals surface area contributed by atoms with Gasteiger partial charge in [0, 0.05) is 13.1 Å². The van der Waals surface area contributed by atoms with Gasteiger partial charge in [-0.25, -0.2) is 0 Å². The number of nitrogens with zero attached hydrogens (tertiary/aromatic N) is 1. The molecule has 3 rings (SSSR count). The Morgan fingerprint density at radius 2 is 1.93 bits per heavy atom. The van der Waals surface area contributed by atoms with Gasteiger partial charge in [0.1, 0.15) is 5.92 Å². The molecule has 1 aromatic carbocycles. The van der Waals surface area contributed by atoms with Crippen LogP contribution in [0, 0.1) is 11.8 Å². The topological polar surface area (TPSA) is 67.9 Å². The number of methoxy groups -OCH3 is 1. The molecule has 2 aliphatic heterocycles. The van der Waals surface area contributed by atoms with Crippen molar-refractivity contribution >= 4 is 11.9 Å². The van der Waals surface area contributed by atoms with Crippen molar-refractivity contribution in [1.29, 1.82) is 0 Å². The van der Waals surface area contributed by atoms with Crippen LogP contribution in [0.2, 0.25) is 0 Å². The minimum absolute atomic E-state index is 0.0344. The van der Waals surface area contributed by atoms with Crippen molar-refractivity contribution in [1.82, 2.24) is 10.2 Å². The van der Waals surface area contributed by atoms with Crippen LogP contribution < -0.4 is 5.32 Å². The zero-order valence-electron chi connectivity index (χ0n) is 17.3. The Balaban J connectivity index is 1.83. The van der Waals surface area contributed by atoms with Crippen LogP contribution in [0.3, 0.4) is 0 Å². The first-order chi connectivity index (χ1) is 14.0. The van der Waals surface area contributed by atoms with Crippen LogP contribution in [-0.2, 0) is 25.6 Å². The van der Waals surface area contributed by atoms with Gasteiger partial charge in [0.15, 0.2) is 0 Å². The summed E-state index contributed by atoms with van der Waals surface area (Å²) < 4.78 is 11.0. The standard InChI is InChI=1S/C23H30N2O4/c1-5-13-25(21-18-12-11-17(29-18)19(21)23(27)28-4)20(15(2)3)22(26)24-14-16-9-7-6-8-10-16/h5-12,15,17-21H,1,13-14H2,2-4H3,(H,24,26)/t17-,18+,19-,20-,21-/m1/s1. The lowest BCUT2D eigenvalue weighted by molar-refractivity contribution is -0.149. The van der Waals surface area contributed by atoms with Gasteiger partial charge in [0.25, 0.3) is 0 Å². The molecule has 0 unspecified atom stereocenters. The lowest BCUT2D eigenvalue weighted by Gasteiger charge is -2.40. The molecule has 0 radical (unpaired) electrons. The highest BCUT2D eigenvalue weighted by Crippen LogP contribution is 2.39. The van der Waals surface area contributed by atoms with E-state index in [0.29, 0.717) is 13.1 Å². The maximum atomic E-state index is 13.2. The number of hydrogen-bond acceptors (Lipinski definition) is 5. The van der Waals surface area contributed by atoms with Crippen molar-refractivity contribution in [2.24, 2.45) is 11.8 Å². The second-order valence-corrected chi connectivity index (χ2v) is 7.87. The van der Waals surface area contributed by atoms with Gasteiger partial charge in [-0.15, -0.1) is 6.58 Å². The monoisotopic (exact) mass is 398 g/mol. The van der Waals surface area contributed by atoms with Gasteiger partial charge in [-0.05, 0) is 11.5 Å². The fraction of sp³-hybridized carbons (Fsp3) is 0.478. The summed E-state index contributed by atoms with van der Waals surface area (Å²) in [6, 6.07) is 9.11. The van der Waals surface area contributed by atoms with E-state index in [1.54, 1.807) is 6.08 Å². The zero-order valence-corrected chi connectivity index (χ0v) is 17.3. The highest BCUT2D eigenvalue weighted by atomic mass is 16.5. The maximum Gasteiger partial charge on any atom is 0.313 e. The van der Waals surface area contributed by atoms with E-state index in [4.69, 9.17) is 9.47 Å². The number of fused-ring (bicyclic) bond motifs is 2. The summed E-state index contributed by atoms with van der Waals surface area (Å²) in [4.78, 5) is 27.8. The first-order valence-corrected chi connectivity index (χ1v) is 10.1. The van der Waals surface area contributed by atoms with Crippen molar-refractivity contribution in [2.75, 3.05) is 13.7 Å². The normalized spacial score (nSPS) is 26.0. The molecule has 0 aromatic heterocycles. The quantitative estimate of drug-likeness (QED) is 0.511. The summed E-state index contributed by atoms with van der Waals surface area (Å²) in [5.41, 5.74) is 1.04. The molecular weight excluding hydrogens is 368 g/mol. The molecule has 0 saturated carbocycles. The lowest BCUT2D eigenvalue weighted by atomic mass is 9.85. The predicted octanol–water partition coefficient (Wildman–Crippen LogP) is 2.31. The van der Waals surface area contributed by atoms with Crippen LogP contribution in [0.15, 0.2) is 55.1 Å². The van der Waals surface area contributed by atoms with Crippen molar-refractivity contribution in [2.45, 2.75) is 44.7 Å². The molecule has 6 heteroatoms. The summed E-state index contributed by atoms with van der Waals surface area (Å²) in [7, 11) is 1.39. The maximum absolute atomic E-state index is 13.2. The predicted molar refractivity (Wildman–Crippen MR) is 111 cm³/mol. The Morgan fingerprint density at radius 1 is 1.24 bits per heavy atom. The Labute approximate surface area is 172 Å². The van der Waals surface area contributed by atoms with Crippen molar-refractivity contribution < 1.29 is 19.1 Å². The number of rotatable bonds is 9. The van der Waals surface area contributed by atoms with Crippen molar-refractivity contribution in [3.8, 4) is 0 Å². The number of esters is 1. The number of ether oxygens (including phenoxy) is 2. The summed E-state index contributed by atoms with van der Waals surface area (Å²) in [5.74, 6) is -0.806. The highest BCUT2D eigenvalue weighted by Gasteiger charge is 2.54. The molecule has 6 nitrogen and oxygen atoms in total. The molecule has 1 N–H and O–H groups in total. The smallest absolute Gasteiger partial charge is 0.313 e. The first-order valence-electron chi connectivity index (χ1n) is 10.1. The highest BCUT2D eigenvalue weighted by molar-refractivity contribution is 5.82. The Kier molecular flexibility index (Phi) is 6.87. The molecule has 29 heavy (non-hydrogen) atoms. The third-order valence-corrected chi connectivity index (χ3v) is 5.63. The van der Waals surface area contributed by atoms with E-state index in [9.17, 15) is 9.59 Å². The fourth-order valence-electron chi connectivity index (χ4n) is 4.39. The number of carbonyl (C=O) groups is 2. The summed E-state index contributed by atoms with van der Waals surface area (Å²) in [5, 5.41) is 3.05. The van der Waals surface area contributed by atoms with E-state index < -0.39 is 12.0 Å². The third kappa shape index (κ3) is 4.43. The molecule has 0 spiro atoms. The van der Waals surface area contributed by atoms with E-state index in [1.165, 1.54) is 7.11 Å². The van der Waals surface area contributed by atoms with E-state index in [1.807, 2.05) is 61.2 Å². The Bertz CT molecular complexity index is 761. The van der Waals surface area contributed by atoms with Crippen LogP contribution in [0.4, 0.5) is 0 Å². The minimum atomic E-state index is -0.460. The van der Waals surface area contributed by atoms with Gasteiger partial charge in [-0.1, -0.05) is 62.4 Å². The fourth-order valence-corrected chi connectivity index (χ4v) is 4.39. The first kappa shape index (κ1) is 21.3. The SMILES string of the molecule is C=CCN([C@H]1[C@H](C(=O)OC)[C@H]2C=C[C@@H]1O2)[C@@H](C(=O)NCc1ccccc1)C(C)C. The van der Waals surface area contributed by atoms with Crippen LogP contribution in [0.1, 0.15) is 19.4 Å². The summed E-state index contributed by atoms with van der Waals surface area (Å²) in [6.07, 6.45) is 5.10. The van der Waals surface area contributed by atoms with Crippen LogP contribution in [-0.4, -0.2) is 54.7 Å². The van der Waals surface area contributed by atoms with E-state index in [2.05, 4.69) is 11.9 Å². The minimum Gasteiger partial charge on any atom is -0.469 e. The van der Waals surface area contributed by atoms with Gasteiger partial charge in [0.05, 0.1) is 31.4 Å². The van der Waals surface area contributed by atoms with E-state index in [-0.39, 0.29) is 36.0 Å². The number of carbonyl (C=O) groups excluding carboxylic acids is 2. The molecule has 5 atom stereocenters. The van der Waals surface area contributed by atoms with Gasteiger partial charge in [0.2, 0.25) is 5.91 Å². The Morgan fingerprint density at radius 3 is 2.55 bits per heavy atom. The largest absolute Gasteiger partial charge is 0.469 e. The molecule has 1 saturated heterocycles. The van der Waals surface area contributed by atoms with Crippen LogP contribution in [0.5, 0.6) is 0 Å². The summed E-state index contributed by atoms with van der Waals surface area (Å²) >= 11 is 0.